The maximum atomic E-state index is 5.17. The average Bonchev–Trinajstić information content (AvgIpc) is 1.38. The fourth-order valence-electron chi connectivity index (χ4n) is 0. The van der Waals surface area contributed by atoms with Crippen molar-refractivity contribution in [3.8, 4) is 0 Å². The van der Waals surface area contributed by atoms with Crippen LogP contribution in [0.4, 0.5) is 0 Å². The summed E-state index contributed by atoms with van der Waals surface area (Å²) >= 11 is 10.3. The van der Waals surface area contributed by atoms with Gasteiger partial charge in [0.15, 0.2) is 0 Å². The number of hydrogen-bond acceptors (Lipinski definition) is 0. The van der Waals surface area contributed by atoms with Crippen LogP contribution in [0.25, 0.3) is 0 Å². The van der Waals surface area contributed by atoms with E-state index in [1.165, 1.54) is 0 Å². The fraction of sp³-hybridized carbons (Fsp3) is 0.667. The molecule has 0 aliphatic rings. The highest BCUT2D eigenvalue weighted by molar-refractivity contribution is 6.44. The highest BCUT2D eigenvalue weighted by Crippen LogP contribution is 2.03. The molecular formula is C3H5Cl2. The molecule has 0 aliphatic heterocycles. The zero-order valence-corrected chi connectivity index (χ0v) is 4.26. The van der Waals surface area contributed by atoms with E-state index in [2.05, 4.69) is 6.92 Å². The van der Waals surface area contributed by atoms with Crippen molar-refractivity contribution in [2.75, 3.05) is 0 Å². The molecule has 0 N–H and O–H groups in total. The van der Waals surface area contributed by atoms with Gasteiger partial charge in [-0.1, -0.05) is 6.92 Å². The van der Waals surface area contributed by atoms with E-state index in [-0.39, 0.29) is 4.84 Å². The summed E-state index contributed by atoms with van der Waals surface area (Å²) in [6, 6.07) is 0. The average molecular weight is 112 g/mol. The monoisotopic (exact) mass is 111 g/mol. The molecule has 0 aliphatic carbocycles. The van der Waals surface area contributed by atoms with E-state index in [1.807, 2.05) is 0 Å². The van der Waals surface area contributed by atoms with Gasteiger partial charge in [0, 0.05) is 0 Å². The van der Waals surface area contributed by atoms with Gasteiger partial charge in [0.05, 0.1) is 0 Å². The van der Waals surface area contributed by atoms with E-state index in [1.54, 1.807) is 0 Å². The second kappa shape index (κ2) is 2.80. The SMILES string of the molecule is [CH2]CC(Cl)Cl. The maximum absolute atomic E-state index is 5.17. The van der Waals surface area contributed by atoms with Crippen LogP contribution in [-0.4, -0.2) is 4.84 Å². The van der Waals surface area contributed by atoms with E-state index in [0.29, 0.717) is 6.42 Å². The van der Waals surface area contributed by atoms with Gasteiger partial charge in [0.1, 0.15) is 4.84 Å². The molecule has 2 heteroatoms. The van der Waals surface area contributed by atoms with E-state index < -0.39 is 0 Å². The Balaban J connectivity index is 2.54. The first-order valence-corrected chi connectivity index (χ1v) is 2.22. The summed E-state index contributed by atoms with van der Waals surface area (Å²) in [5.74, 6) is 0. The first kappa shape index (κ1) is 5.58. The first-order chi connectivity index (χ1) is 2.27. The van der Waals surface area contributed by atoms with Crippen LogP contribution in [0.1, 0.15) is 6.42 Å². The van der Waals surface area contributed by atoms with Crippen LogP contribution in [-0.2, 0) is 0 Å². The van der Waals surface area contributed by atoms with Crippen LogP contribution in [0.15, 0.2) is 0 Å². The Morgan fingerprint density at radius 3 is 1.80 bits per heavy atom. The van der Waals surface area contributed by atoms with Crippen LogP contribution in [0, 0.1) is 6.92 Å². The number of rotatable bonds is 1. The maximum Gasteiger partial charge on any atom is 0.107 e. The van der Waals surface area contributed by atoms with Crippen molar-refractivity contribution in [2.24, 2.45) is 0 Å². The van der Waals surface area contributed by atoms with Gasteiger partial charge in [0.2, 0.25) is 0 Å². The highest BCUT2D eigenvalue weighted by Gasteiger charge is 1.86. The fourth-order valence-corrected chi connectivity index (χ4v) is 0. The molecule has 0 saturated heterocycles. The summed E-state index contributed by atoms with van der Waals surface area (Å²) in [4.78, 5) is -0.282. The Morgan fingerprint density at radius 2 is 1.80 bits per heavy atom. The third-order valence-electron chi connectivity index (χ3n) is 0.218. The summed E-state index contributed by atoms with van der Waals surface area (Å²) in [7, 11) is 0. The zero-order valence-electron chi connectivity index (χ0n) is 2.75. The van der Waals surface area contributed by atoms with Gasteiger partial charge in [0.25, 0.3) is 0 Å². The van der Waals surface area contributed by atoms with E-state index in [4.69, 9.17) is 23.2 Å². The Morgan fingerprint density at radius 1 is 1.60 bits per heavy atom. The lowest BCUT2D eigenvalue weighted by Gasteiger charge is -1.84. The minimum absolute atomic E-state index is 0.282. The molecule has 0 spiro atoms. The van der Waals surface area contributed by atoms with Gasteiger partial charge in [-0.3, -0.25) is 0 Å². The molecule has 5 heavy (non-hydrogen) atoms. The van der Waals surface area contributed by atoms with Gasteiger partial charge in [-0.15, -0.1) is 23.2 Å². The Labute approximate surface area is 42.1 Å². The van der Waals surface area contributed by atoms with Gasteiger partial charge in [-0.2, -0.15) is 0 Å². The Kier molecular flexibility index (Phi) is 3.12. The van der Waals surface area contributed by atoms with Crippen LogP contribution >= 0.6 is 23.2 Å². The molecule has 0 saturated carbocycles. The number of halogens is 2. The van der Waals surface area contributed by atoms with Gasteiger partial charge < -0.3 is 0 Å². The minimum Gasteiger partial charge on any atom is -0.105 e. The molecule has 0 aromatic rings. The normalized spacial score (nSPS) is 9.60. The third kappa shape index (κ3) is 4.58. The van der Waals surface area contributed by atoms with Crippen molar-refractivity contribution < 1.29 is 0 Å². The largest absolute Gasteiger partial charge is 0.107 e. The summed E-state index contributed by atoms with van der Waals surface area (Å²) in [5.41, 5.74) is 0. The van der Waals surface area contributed by atoms with Gasteiger partial charge >= 0.3 is 0 Å². The van der Waals surface area contributed by atoms with Crippen molar-refractivity contribution >= 4 is 23.2 Å². The lowest BCUT2D eigenvalue weighted by molar-refractivity contribution is 1.16. The van der Waals surface area contributed by atoms with E-state index in [0.717, 1.165) is 0 Å². The molecule has 0 atom stereocenters. The molecule has 0 fully saturated rings. The topological polar surface area (TPSA) is 0 Å². The molecule has 0 bridgehead atoms. The third-order valence-corrected chi connectivity index (χ3v) is 0.655. The molecule has 1 radical (unpaired) electrons. The summed E-state index contributed by atoms with van der Waals surface area (Å²) in [6.45, 7) is 3.42. The molecule has 0 unspecified atom stereocenters. The number of hydrogen-bond donors (Lipinski definition) is 0. The quantitative estimate of drug-likeness (QED) is 0.455. The van der Waals surface area contributed by atoms with Crippen molar-refractivity contribution in [1.82, 2.24) is 0 Å². The second-order valence-corrected chi connectivity index (χ2v) is 1.96. The van der Waals surface area contributed by atoms with E-state index >= 15 is 0 Å². The van der Waals surface area contributed by atoms with Crippen molar-refractivity contribution in [3.63, 3.8) is 0 Å². The summed E-state index contributed by atoms with van der Waals surface area (Å²) in [6.07, 6.45) is 0.586. The van der Waals surface area contributed by atoms with Crippen molar-refractivity contribution in [1.29, 1.82) is 0 Å². The molecule has 0 aromatic carbocycles. The standard InChI is InChI=1S/C3H5Cl2/c1-2-3(4)5/h3H,1-2H2. The summed E-state index contributed by atoms with van der Waals surface area (Å²) < 4.78 is 0. The zero-order chi connectivity index (χ0) is 4.28. The number of alkyl halides is 2. The molecule has 31 valence electrons. The van der Waals surface area contributed by atoms with Crippen molar-refractivity contribution in [3.05, 3.63) is 6.92 Å². The smallest absolute Gasteiger partial charge is 0.105 e. The molecule has 0 nitrogen and oxygen atoms in total. The van der Waals surface area contributed by atoms with Crippen LogP contribution < -0.4 is 0 Å². The van der Waals surface area contributed by atoms with Crippen molar-refractivity contribution in [2.45, 2.75) is 11.3 Å². The molecule has 0 aromatic heterocycles. The van der Waals surface area contributed by atoms with Crippen LogP contribution in [0.5, 0.6) is 0 Å². The van der Waals surface area contributed by atoms with Crippen LogP contribution in [0.2, 0.25) is 0 Å². The predicted octanol–water partition coefficient (Wildman–Crippen LogP) is 2.01. The molecule has 0 heterocycles. The van der Waals surface area contributed by atoms with Gasteiger partial charge in [-0.25, -0.2) is 0 Å². The van der Waals surface area contributed by atoms with E-state index in [9.17, 15) is 0 Å². The first-order valence-electron chi connectivity index (χ1n) is 1.34. The van der Waals surface area contributed by atoms with Crippen LogP contribution in [0.3, 0.4) is 0 Å². The molecule has 0 amide bonds. The Bertz CT molecular complexity index is 18.9. The minimum atomic E-state index is -0.282. The second-order valence-electron chi connectivity index (χ2n) is 0.680. The lowest BCUT2D eigenvalue weighted by Crippen LogP contribution is -1.76. The highest BCUT2D eigenvalue weighted by atomic mass is 35.5. The summed E-state index contributed by atoms with van der Waals surface area (Å²) in [5, 5.41) is 0. The molecular weight excluding hydrogens is 107 g/mol. The predicted molar refractivity (Wildman–Crippen MR) is 25.5 cm³/mol. The van der Waals surface area contributed by atoms with Gasteiger partial charge in [-0.05, 0) is 6.42 Å². The molecule has 0 rings (SSSR count). The Hall–Kier alpha value is 0.580. The lowest BCUT2D eigenvalue weighted by atomic mass is 10.6.